The van der Waals surface area contributed by atoms with Crippen molar-refractivity contribution in [2.75, 3.05) is 18.2 Å². The maximum absolute atomic E-state index is 12.5. The molecular formula is C11H17FN5O11P3. The Hall–Kier alpha value is -1.35. The van der Waals surface area contributed by atoms with E-state index in [0.717, 1.165) is 6.33 Å². The van der Waals surface area contributed by atoms with Crippen LogP contribution in [0.4, 0.5) is 10.0 Å². The monoisotopic (exact) mass is 507 g/mol. The molecule has 1 aliphatic heterocycles. The van der Waals surface area contributed by atoms with E-state index in [9.17, 15) is 37.9 Å². The summed E-state index contributed by atoms with van der Waals surface area (Å²) in [4.78, 5) is 39.0. The first-order chi connectivity index (χ1) is 14.2. The Morgan fingerprint density at radius 1 is 1.13 bits per heavy atom. The van der Waals surface area contributed by atoms with Crippen molar-refractivity contribution in [3.8, 4) is 0 Å². The molecule has 0 saturated carbocycles. The van der Waals surface area contributed by atoms with Gasteiger partial charge in [-0.05, 0) is 0 Å². The van der Waals surface area contributed by atoms with Crippen LogP contribution in [0.25, 0.3) is 11.2 Å². The maximum atomic E-state index is 12.5. The predicted octanol–water partition coefficient (Wildman–Crippen LogP) is -0.541. The second-order valence-corrected chi connectivity index (χ2v) is 11.9. The van der Waals surface area contributed by atoms with E-state index in [-0.39, 0.29) is 17.0 Å². The number of imidazole rings is 1. The molecule has 7 N–H and O–H groups in total. The lowest BCUT2D eigenvalue weighted by molar-refractivity contribution is -0.0483. The number of aromatic nitrogens is 4. The lowest BCUT2D eigenvalue weighted by Gasteiger charge is -2.19. The van der Waals surface area contributed by atoms with Crippen LogP contribution in [0.3, 0.4) is 0 Å². The van der Waals surface area contributed by atoms with Gasteiger partial charge in [0.15, 0.2) is 23.6 Å². The number of rotatable bonds is 8. The number of nitrogens with two attached hydrogens (primary N) is 1. The van der Waals surface area contributed by atoms with Crippen molar-refractivity contribution < 1.29 is 56.4 Å². The molecule has 3 unspecified atom stereocenters. The zero-order valence-electron chi connectivity index (χ0n) is 15.1. The van der Waals surface area contributed by atoms with Crippen molar-refractivity contribution in [1.29, 1.82) is 0 Å². The lowest BCUT2D eigenvalue weighted by atomic mass is 10.1. The molecule has 16 nitrogen and oxygen atoms in total. The van der Waals surface area contributed by atoms with Gasteiger partial charge in [0, 0.05) is 0 Å². The number of hydrogen-bond acceptors (Lipinski definition) is 12. The molecule has 0 bridgehead atoms. The SMILES string of the molecule is Nc1ncnc2c1ncn2[C@@H]1O[C@H](COP(=O)(O)CP(=O)(O)OP(=O)(O)F)[C@@H](O)[C@H]1O. The standard InChI is InChI=1S/C11H17FN5O11P3/c12-31(24,25)28-30(22,23)4-29(20,21)26-1-5-7(18)8(19)11(27-5)17-3-16-6-9(13)14-2-15-10(6)17/h2-3,5,7-8,11,18-19H,1,4H2,(H,20,21)(H,22,23)(H,24,25)(H2,13,14,15)/t5-,7-,8-,11-/m1/s1. The quantitative estimate of drug-likeness (QED) is 0.245. The molecule has 174 valence electrons. The number of aliphatic hydroxyl groups is 2. The summed E-state index contributed by atoms with van der Waals surface area (Å²) >= 11 is 0. The highest BCUT2D eigenvalue weighted by molar-refractivity contribution is 7.74. The molecule has 3 heterocycles. The van der Waals surface area contributed by atoms with Crippen LogP contribution in [-0.2, 0) is 27.3 Å². The van der Waals surface area contributed by atoms with Crippen LogP contribution in [0.2, 0.25) is 0 Å². The molecule has 0 spiro atoms. The molecule has 1 saturated heterocycles. The molecule has 1 aliphatic rings. The minimum absolute atomic E-state index is 0.0502. The van der Waals surface area contributed by atoms with Gasteiger partial charge in [-0.3, -0.25) is 18.6 Å². The summed E-state index contributed by atoms with van der Waals surface area (Å²) in [6.45, 7) is -0.862. The van der Waals surface area contributed by atoms with Crippen molar-refractivity contribution in [3.63, 3.8) is 0 Å². The van der Waals surface area contributed by atoms with E-state index in [1.54, 1.807) is 0 Å². The lowest BCUT2D eigenvalue weighted by Crippen LogP contribution is -2.33. The average Bonchev–Trinajstić information content (AvgIpc) is 3.13. The minimum atomic E-state index is -5.92. The van der Waals surface area contributed by atoms with Gasteiger partial charge in [0.2, 0.25) is 0 Å². The third-order valence-corrected chi connectivity index (χ3v) is 9.26. The Labute approximate surface area is 172 Å². The molecule has 2 aromatic rings. The molecule has 0 amide bonds. The predicted molar refractivity (Wildman–Crippen MR) is 98.1 cm³/mol. The highest BCUT2D eigenvalue weighted by Gasteiger charge is 2.46. The van der Waals surface area contributed by atoms with Crippen LogP contribution in [0.5, 0.6) is 0 Å². The van der Waals surface area contributed by atoms with Gasteiger partial charge in [0.25, 0.3) is 0 Å². The number of halogens is 1. The molecule has 0 aliphatic carbocycles. The largest absolute Gasteiger partial charge is 0.517 e. The van der Waals surface area contributed by atoms with Gasteiger partial charge in [-0.2, -0.15) is 0 Å². The van der Waals surface area contributed by atoms with Crippen molar-refractivity contribution in [1.82, 2.24) is 19.5 Å². The summed E-state index contributed by atoms with van der Waals surface area (Å²) in [5.74, 6) is -1.67. The van der Waals surface area contributed by atoms with Crippen LogP contribution in [0, 0.1) is 0 Å². The smallest absolute Gasteiger partial charge is 0.387 e. The number of anilines is 1. The fourth-order valence-electron chi connectivity index (χ4n) is 2.79. The molecule has 20 heteroatoms. The van der Waals surface area contributed by atoms with Crippen LogP contribution in [-0.4, -0.2) is 75.2 Å². The Kier molecular flexibility index (Phi) is 6.69. The zero-order valence-corrected chi connectivity index (χ0v) is 17.8. The van der Waals surface area contributed by atoms with Crippen LogP contribution in [0.1, 0.15) is 6.23 Å². The van der Waals surface area contributed by atoms with E-state index in [4.69, 9.17) is 15.4 Å². The number of ether oxygens (including phenoxy) is 1. The summed E-state index contributed by atoms with van der Waals surface area (Å²) in [6.07, 6.45) is -3.53. The minimum Gasteiger partial charge on any atom is -0.387 e. The number of nitrogens with zero attached hydrogens (tertiary/aromatic N) is 4. The van der Waals surface area contributed by atoms with E-state index < -0.39 is 60.1 Å². The second kappa shape index (κ2) is 8.54. The molecule has 0 radical (unpaired) electrons. The van der Waals surface area contributed by atoms with Gasteiger partial charge in [0.1, 0.15) is 30.2 Å². The molecular weight excluding hydrogens is 490 g/mol. The fourth-order valence-corrected chi connectivity index (χ4v) is 7.24. The summed E-state index contributed by atoms with van der Waals surface area (Å²) in [6, 6.07) is 0. The molecule has 2 aromatic heterocycles. The first-order valence-corrected chi connectivity index (χ1v) is 13.1. The van der Waals surface area contributed by atoms with Gasteiger partial charge in [-0.1, -0.05) is 0 Å². The number of hydrogen-bond donors (Lipinski definition) is 6. The van der Waals surface area contributed by atoms with E-state index in [1.807, 2.05) is 0 Å². The molecule has 7 atom stereocenters. The molecule has 1 fully saturated rings. The summed E-state index contributed by atoms with van der Waals surface area (Å²) < 4.78 is 61.1. The maximum Gasteiger partial charge on any atom is 0.517 e. The third-order valence-electron chi connectivity index (χ3n) is 4.02. The van der Waals surface area contributed by atoms with Crippen LogP contribution < -0.4 is 5.73 Å². The van der Waals surface area contributed by atoms with Crippen molar-refractivity contribution in [2.24, 2.45) is 0 Å². The van der Waals surface area contributed by atoms with Crippen molar-refractivity contribution in [2.45, 2.75) is 24.5 Å². The Bertz CT molecular complexity index is 1110. The zero-order chi connectivity index (χ0) is 23.2. The summed E-state index contributed by atoms with van der Waals surface area (Å²) in [7, 11) is -16.2. The Balaban J connectivity index is 1.69. The normalized spacial score (nSPS) is 30.0. The number of fused-ring (bicyclic) bond motifs is 1. The molecule has 0 aromatic carbocycles. The second-order valence-electron chi connectivity index (χ2n) is 6.37. The van der Waals surface area contributed by atoms with Gasteiger partial charge < -0.3 is 35.0 Å². The van der Waals surface area contributed by atoms with Gasteiger partial charge >= 0.3 is 23.1 Å². The van der Waals surface area contributed by atoms with Gasteiger partial charge in [-0.15, -0.1) is 4.20 Å². The van der Waals surface area contributed by atoms with Crippen LogP contribution in [0.15, 0.2) is 12.7 Å². The van der Waals surface area contributed by atoms with Crippen molar-refractivity contribution in [3.05, 3.63) is 12.7 Å². The topological polar surface area (TPSA) is 250 Å². The Morgan fingerprint density at radius 3 is 2.45 bits per heavy atom. The number of aliphatic hydroxyl groups excluding tert-OH is 2. The average molecular weight is 507 g/mol. The van der Waals surface area contributed by atoms with E-state index >= 15 is 0 Å². The Morgan fingerprint density at radius 2 is 1.81 bits per heavy atom. The van der Waals surface area contributed by atoms with Gasteiger partial charge in [-0.25, -0.2) is 23.8 Å². The summed E-state index contributed by atoms with van der Waals surface area (Å²) in [5.41, 5.74) is 6.03. The van der Waals surface area contributed by atoms with E-state index in [0.29, 0.717) is 0 Å². The van der Waals surface area contributed by atoms with Crippen LogP contribution >= 0.6 is 23.1 Å². The summed E-state index contributed by atoms with van der Waals surface area (Å²) in [5, 5.41) is 20.5. The van der Waals surface area contributed by atoms with Gasteiger partial charge in [0.05, 0.1) is 12.9 Å². The highest BCUT2D eigenvalue weighted by Crippen LogP contribution is 2.66. The van der Waals surface area contributed by atoms with Crippen molar-refractivity contribution >= 4 is 40.1 Å². The number of nitrogen functional groups attached to an aromatic ring is 1. The first kappa shape index (κ1) is 24.3. The molecule has 31 heavy (non-hydrogen) atoms. The highest BCUT2D eigenvalue weighted by atomic mass is 31.3. The van der Waals surface area contributed by atoms with E-state index in [2.05, 4.69) is 23.8 Å². The molecule has 3 rings (SSSR count). The first-order valence-electron chi connectivity index (χ1n) is 8.16. The third kappa shape index (κ3) is 5.72. The fraction of sp³-hybridized carbons (Fsp3) is 0.545. The van der Waals surface area contributed by atoms with E-state index in [1.165, 1.54) is 10.9 Å².